The molecule has 0 aliphatic rings. The molecule has 0 spiro atoms. The van der Waals surface area contributed by atoms with Crippen LogP contribution in [0.4, 0.5) is 10.1 Å². The second kappa shape index (κ2) is 8.01. The number of carbonyl (C=O) groups excluding carboxylic acids is 2. The highest BCUT2D eigenvalue weighted by Crippen LogP contribution is 2.19. The normalized spacial score (nSPS) is 10.1. The summed E-state index contributed by atoms with van der Waals surface area (Å²) in [6, 6.07) is 4.01. The molecule has 0 heterocycles. The maximum absolute atomic E-state index is 13.4. The van der Waals surface area contributed by atoms with Crippen LogP contribution in [0.15, 0.2) is 18.2 Å². The zero-order valence-corrected chi connectivity index (χ0v) is 11.8. The summed E-state index contributed by atoms with van der Waals surface area (Å²) in [6.07, 6.45) is 0.240. The maximum atomic E-state index is 13.4. The van der Waals surface area contributed by atoms with Crippen LogP contribution in [0, 0.1) is 5.82 Å². The van der Waals surface area contributed by atoms with Crippen molar-refractivity contribution in [2.24, 2.45) is 0 Å². The Balaban J connectivity index is 2.33. The lowest BCUT2D eigenvalue weighted by Gasteiger charge is -2.06. The summed E-state index contributed by atoms with van der Waals surface area (Å²) in [4.78, 5) is 22.3. The number of anilines is 1. The fraction of sp³-hybridized carbons (Fsp3) is 0.333. The number of amides is 1. The number of hydrogen-bond acceptors (Lipinski definition) is 4. The smallest absolute Gasteiger partial charge is 0.306 e. The van der Waals surface area contributed by atoms with Crippen LogP contribution in [0.3, 0.4) is 0 Å². The van der Waals surface area contributed by atoms with Gasteiger partial charge in [0.2, 0.25) is 5.91 Å². The van der Waals surface area contributed by atoms with E-state index in [0.717, 1.165) is 6.07 Å². The molecule has 1 N–H and O–H groups in total. The van der Waals surface area contributed by atoms with Crippen molar-refractivity contribution in [3.63, 3.8) is 0 Å². The molecule has 0 radical (unpaired) electrons. The highest BCUT2D eigenvalue weighted by molar-refractivity contribution is 7.99. The average Bonchev–Trinajstić information content (AvgIpc) is 2.37. The number of benzene rings is 1. The molecule has 1 aromatic rings. The third-order valence-corrected chi connectivity index (χ3v) is 3.31. The minimum Gasteiger partial charge on any atom is -0.469 e. The first-order valence-corrected chi connectivity index (χ1v) is 6.95. The molecule has 0 saturated carbocycles. The van der Waals surface area contributed by atoms with Crippen LogP contribution in [-0.4, -0.2) is 30.5 Å². The fourth-order valence-electron chi connectivity index (χ4n) is 1.20. The van der Waals surface area contributed by atoms with Crippen LogP contribution < -0.4 is 5.32 Å². The quantitative estimate of drug-likeness (QED) is 0.648. The second-order valence-electron chi connectivity index (χ2n) is 3.55. The van der Waals surface area contributed by atoms with Crippen molar-refractivity contribution in [3.05, 3.63) is 29.0 Å². The number of carbonyl (C=O) groups is 2. The van der Waals surface area contributed by atoms with Gasteiger partial charge in [0.05, 0.1) is 25.0 Å². The van der Waals surface area contributed by atoms with Gasteiger partial charge in [0.25, 0.3) is 0 Å². The summed E-state index contributed by atoms with van der Waals surface area (Å²) in [6.45, 7) is 0. The molecule has 0 bridgehead atoms. The van der Waals surface area contributed by atoms with Crippen molar-refractivity contribution in [2.75, 3.05) is 23.9 Å². The minimum absolute atomic E-state index is 0.0861. The first-order chi connectivity index (χ1) is 9.02. The van der Waals surface area contributed by atoms with E-state index in [2.05, 4.69) is 10.1 Å². The molecule has 0 aliphatic carbocycles. The highest BCUT2D eigenvalue weighted by atomic mass is 35.5. The number of hydrogen-bond donors (Lipinski definition) is 1. The van der Waals surface area contributed by atoms with Crippen LogP contribution in [0.2, 0.25) is 5.02 Å². The molecule has 7 heteroatoms. The Labute approximate surface area is 119 Å². The summed E-state index contributed by atoms with van der Waals surface area (Å²) >= 11 is 6.87. The van der Waals surface area contributed by atoms with Crippen LogP contribution >= 0.6 is 23.4 Å². The van der Waals surface area contributed by atoms with Crippen molar-refractivity contribution in [2.45, 2.75) is 6.42 Å². The number of nitrogens with one attached hydrogen (secondary N) is 1. The minimum atomic E-state index is -0.583. The highest BCUT2D eigenvalue weighted by Gasteiger charge is 2.08. The van der Waals surface area contributed by atoms with Crippen LogP contribution in [-0.2, 0) is 14.3 Å². The number of rotatable bonds is 6. The van der Waals surface area contributed by atoms with Gasteiger partial charge in [0.1, 0.15) is 5.82 Å². The number of methoxy groups -OCH3 is 1. The van der Waals surface area contributed by atoms with Gasteiger partial charge in [-0.1, -0.05) is 11.6 Å². The molecule has 0 fully saturated rings. The van der Waals surface area contributed by atoms with Crippen molar-refractivity contribution in [1.82, 2.24) is 0 Å². The van der Waals surface area contributed by atoms with E-state index < -0.39 is 5.82 Å². The number of esters is 1. The lowest BCUT2D eigenvalue weighted by Crippen LogP contribution is -2.15. The van der Waals surface area contributed by atoms with E-state index in [4.69, 9.17) is 11.6 Å². The van der Waals surface area contributed by atoms with Crippen molar-refractivity contribution >= 4 is 40.9 Å². The average molecular weight is 306 g/mol. The van der Waals surface area contributed by atoms with E-state index in [1.165, 1.54) is 31.0 Å². The number of halogens is 2. The molecule has 0 unspecified atom stereocenters. The fourth-order valence-corrected chi connectivity index (χ4v) is 2.07. The lowest BCUT2D eigenvalue weighted by molar-refractivity contribution is -0.140. The Morgan fingerprint density at radius 1 is 1.47 bits per heavy atom. The first kappa shape index (κ1) is 15.8. The van der Waals surface area contributed by atoms with Gasteiger partial charge in [-0.15, -0.1) is 0 Å². The number of thioether (sulfide) groups is 1. The van der Waals surface area contributed by atoms with Gasteiger partial charge in [-0.25, -0.2) is 4.39 Å². The SMILES string of the molecule is COC(=O)CCSCC(=O)Nc1ccc(Cl)cc1F. The number of ether oxygens (including phenoxy) is 1. The van der Waals surface area contributed by atoms with Gasteiger partial charge < -0.3 is 10.1 Å². The predicted octanol–water partition coefficient (Wildman–Crippen LogP) is 2.71. The third kappa shape index (κ3) is 5.94. The van der Waals surface area contributed by atoms with Crippen molar-refractivity contribution in [1.29, 1.82) is 0 Å². The van der Waals surface area contributed by atoms with Crippen LogP contribution in [0.5, 0.6) is 0 Å². The zero-order chi connectivity index (χ0) is 14.3. The monoisotopic (exact) mass is 305 g/mol. The maximum Gasteiger partial charge on any atom is 0.306 e. The largest absolute Gasteiger partial charge is 0.469 e. The van der Waals surface area contributed by atoms with Crippen LogP contribution in [0.25, 0.3) is 0 Å². The van der Waals surface area contributed by atoms with E-state index in [-0.39, 0.29) is 34.8 Å². The zero-order valence-electron chi connectivity index (χ0n) is 10.2. The Bertz CT molecular complexity index is 470. The van der Waals surface area contributed by atoms with E-state index in [0.29, 0.717) is 5.75 Å². The van der Waals surface area contributed by atoms with Crippen molar-refractivity contribution < 1.29 is 18.7 Å². The van der Waals surface area contributed by atoms with Gasteiger partial charge in [0.15, 0.2) is 0 Å². The summed E-state index contributed by atoms with van der Waals surface area (Å²) in [7, 11) is 1.31. The van der Waals surface area contributed by atoms with Gasteiger partial charge >= 0.3 is 5.97 Å². The molecular weight excluding hydrogens is 293 g/mol. The lowest BCUT2D eigenvalue weighted by atomic mass is 10.3. The molecule has 1 rings (SSSR count). The topological polar surface area (TPSA) is 55.4 Å². The summed E-state index contributed by atoms with van der Waals surface area (Å²) in [5.41, 5.74) is 0.0861. The third-order valence-electron chi connectivity index (χ3n) is 2.12. The Kier molecular flexibility index (Phi) is 6.66. The molecule has 4 nitrogen and oxygen atoms in total. The summed E-state index contributed by atoms with van der Waals surface area (Å²) in [5, 5.41) is 2.70. The molecule has 0 aliphatic heterocycles. The Hall–Kier alpha value is -1.27. The summed E-state index contributed by atoms with van der Waals surface area (Å²) < 4.78 is 17.8. The molecule has 0 atom stereocenters. The second-order valence-corrected chi connectivity index (χ2v) is 5.09. The molecular formula is C12H13ClFNO3S. The molecule has 0 saturated heterocycles. The van der Waals surface area contributed by atoms with Crippen molar-refractivity contribution in [3.8, 4) is 0 Å². The van der Waals surface area contributed by atoms with Gasteiger partial charge in [-0.2, -0.15) is 11.8 Å². The first-order valence-electron chi connectivity index (χ1n) is 5.42. The predicted molar refractivity (Wildman–Crippen MR) is 74.0 cm³/mol. The van der Waals surface area contributed by atoms with Gasteiger partial charge in [0, 0.05) is 10.8 Å². The van der Waals surface area contributed by atoms with Gasteiger partial charge in [-0.3, -0.25) is 9.59 Å². The molecule has 1 amide bonds. The standard InChI is InChI=1S/C12H13ClFNO3S/c1-18-12(17)4-5-19-7-11(16)15-10-3-2-8(13)6-9(10)14/h2-3,6H,4-5,7H2,1H3,(H,15,16). The Morgan fingerprint density at radius 3 is 2.84 bits per heavy atom. The molecule has 19 heavy (non-hydrogen) atoms. The summed E-state index contributed by atoms with van der Waals surface area (Å²) in [5.74, 6) is -0.629. The van der Waals surface area contributed by atoms with E-state index in [1.807, 2.05) is 0 Å². The Morgan fingerprint density at radius 2 is 2.21 bits per heavy atom. The van der Waals surface area contributed by atoms with Gasteiger partial charge in [-0.05, 0) is 18.2 Å². The molecule has 1 aromatic carbocycles. The molecule has 104 valence electrons. The van der Waals surface area contributed by atoms with E-state index >= 15 is 0 Å². The van der Waals surface area contributed by atoms with E-state index in [9.17, 15) is 14.0 Å². The van der Waals surface area contributed by atoms with Crippen LogP contribution in [0.1, 0.15) is 6.42 Å². The van der Waals surface area contributed by atoms with E-state index in [1.54, 1.807) is 0 Å². The molecule has 0 aromatic heterocycles.